The summed E-state index contributed by atoms with van der Waals surface area (Å²) in [5, 5.41) is 0. The van der Waals surface area contributed by atoms with Gasteiger partial charge in [0.15, 0.2) is 0 Å². The Balaban J connectivity index is 1.76. The van der Waals surface area contributed by atoms with Gasteiger partial charge in [-0.05, 0) is 29.7 Å². The molecule has 28 heavy (non-hydrogen) atoms. The second-order valence-corrected chi connectivity index (χ2v) is 7.10. The van der Waals surface area contributed by atoms with Crippen LogP contribution in [0.5, 0.6) is 0 Å². The maximum atomic E-state index is 4.97. The Hall–Kier alpha value is -3.65. The number of hydrogen-bond donors (Lipinski definition) is 0. The Labute approximate surface area is 164 Å². The van der Waals surface area contributed by atoms with E-state index in [2.05, 4.69) is 103 Å². The summed E-state index contributed by atoms with van der Waals surface area (Å²) in [7, 11) is 0. The number of imidazole rings is 1. The number of pyridine rings is 1. The zero-order chi connectivity index (χ0) is 18.9. The molecule has 0 saturated heterocycles. The van der Waals surface area contributed by atoms with Gasteiger partial charge in [0.1, 0.15) is 5.65 Å². The van der Waals surface area contributed by atoms with Crippen LogP contribution in [0.25, 0.3) is 39.2 Å². The van der Waals surface area contributed by atoms with Crippen molar-refractivity contribution in [2.75, 3.05) is 0 Å². The van der Waals surface area contributed by atoms with Crippen molar-refractivity contribution >= 4 is 5.65 Å². The van der Waals surface area contributed by atoms with Gasteiger partial charge in [-0.15, -0.1) is 0 Å². The number of aryl methyl sites for hydroxylation is 1. The highest BCUT2D eigenvalue weighted by Crippen LogP contribution is 2.32. The molecule has 134 valence electrons. The van der Waals surface area contributed by atoms with Gasteiger partial charge >= 0.3 is 0 Å². The summed E-state index contributed by atoms with van der Waals surface area (Å²) >= 11 is 0. The summed E-state index contributed by atoms with van der Waals surface area (Å²) in [6, 6.07) is 31.7. The Morgan fingerprint density at radius 3 is 1.93 bits per heavy atom. The monoisotopic (exact) mass is 360 g/mol. The maximum absolute atomic E-state index is 4.97. The fraction of sp³-hybridized carbons (Fsp3) is 0.0385. The van der Waals surface area contributed by atoms with Gasteiger partial charge in [0.2, 0.25) is 0 Å². The molecule has 0 aliphatic rings. The minimum absolute atomic E-state index is 0.973. The Kier molecular flexibility index (Phi) is 4.02. The average Bonchev–Trinajstić information content (AvgIpc) is 3.19. The SMILES string of the molecule is Cc1ccc(-c2cc(-c3ccccc3)c3nc(-c4ccccc4)cn3c2)cc1. The van der Waals surface area contributed by atoms with Gasteiger partial charge in [0, 0.05) is 23.5 Å². The Morgan fingerprint density at radius 2 is 1.25 bits per heavy atom. The number of benzene rings is 3. The van der Waals surface area contributed by atoms with Crippen molar-refractivity contribution in [3.05, 3.63) is 109 Å². The molecule has 0 unspecified atom stereocenters. The Morgan fingerprint density at radius 1 is 0.607 bits per heavy atom. The molecule has 0 aliphatic carbocycles. The van der Waals surface area contributed by atoms with Crippen LogP contribution in [0, 0.1) is 6.92 Å². The fourth-order valence-electron chi connectivity index (χ4n) is 3.58. The lowest BCUT2D eigenvalue weighted by atomic mass is 10.0. The molecular weight excluding hydrogens is 340 g/mol. The first kappa shape index (κ1) is 16.5. The van der Waals surface area contributed by atoms with E-state index in [1.807, 2.05) is 12.1 Å². The molecule has 3 aromatic carbocycles. The molecule has 0 radical (unpaired) electrons. The van der Waals surface area contributed by atoms with Crippen LogP contribution >= 0.6 is 0 Å². The molecule has 0 atom stereocenters. The van der Waals surface area contributed by atoms with Gasteiger partial charge in [-0.1, -0.05) is 90.5 Å². The molecular formula is C26H20N2. The van der Waals surface area contributed by atoms with E-state index in [1.54, 1.807) is 0 Å². The molecule has 0 spiro atoms. The molecule has 5 aromatic rings. The van der Waals surface area contributed by atoms with Crippen molar-refractivity contribution in [2.24, 2.45) is 0 Å². The van der Waals surface area contributed by atoms with Gasteiger partial charge in [-0.3, -0.25) is 0 Å². The van der Waals surface area contributed by atoms with Crippen LogP contribution in [0.4, 0.5) is 0 Å². The van der Waals surface area contributed by atoms with E-state index in [0.717, 1.165) is 22.5 Å². The van der Waals surface area contributed by atoms with E-state index in [-0.39, 0.29) is 0 Å². The molecule has 5 rings (SSSR count). The number of nitrogens with zero attached hydrogens (tertiary/aromatic N) is 2. The molecule has 2 nitrogen and oxygen atoms in total. The average molecular weight is 360 g/mol. The summed E-state index contributed by atoms with van der Waals surface area (Å²) in [6.45, 7) is 2.12. The summed E-state index contributed by atoms with van der Waals surface area (Å²) < 4.78 is 2.15. The van der Waals surface area contributed by atoms with Crippen LogP contribution in [-0.2, 0) is 0 Å². The van der Waals surface area contributed by atoms with Crippen molar-refractivity contribution in [3.8, 4) is 33.5 Å². The Bertz CT molecular complexity index is 1230. The zero-order valence-electron chi connectivity index (χ0n) is 15.7. The number of hydrogen-bond acceptors (Lipinski definition) is 1. The molecule has 0 N–H and O–H groups in total. The van der Waals surface area contributed by atoms with Crippen LogP contribution in [-0.4, -0.2) is 9.38 Å². The quantitative estimate of drug-likeness (QED) is 0.352. The molecule has 2 heterocycles. The first-order valence-corrected chi connectivity index (χ1v) is 9.48. The zero-order valence-corrected chi connectivity index (χ0v) is 15.7. The van der Waals surface area contributed by atoms with Crippen molar-refractivity contribution in [1.82, 2.24) is 9.38 Å². The lowest BCUT2D eigenvalue weighted by Gasteiger charge is -2.09. The predicted molar refractivity (Wildman–Crippen MR) is 116 cm³/mol. The maximum Gasteiger partial charge on any atom is 0.145 e. The minimum Gasteiger partial charge on any atom is -0.305 e. The number of aromatic nitrogens is 2. The van der Waals surface area contributed by atoms with E-state index < -0.39 is 0 Å². The van der Waals surface area contributed by atoms with Crippen molar-refractivity contribution in [2.45, 2.75) is 6.92 Å². The lowest BCUT2D eigenvalue weighted by molar-refractivity contribution is 1.19. The summed E-state index contributed by atoms with van der Waals surface area (Å²) in [6.07, 6.45) is 4.29. The standard InChI is InChI=1S/C26H20N2/c1-19-12-14-20(15-13-19)23-16-24(21-8-4-2-5-9-21)26-27-25(18-28(26)17-23)22-10-6-3-7-11-22/h2-18H,1H3. The smallest absolute Gasteiger partial charge is 0.145 e. The second-order valence-electron chi connectivity index (χ2n) is 7.10. The molecule has 2 heteroatoms. The van der Waals surface area contributed by atoms with E-state index in [1.165, 1.54) is 22.3 Å². The lowest BCUT2D eigenvalue weighted by Crippen LogP contribution is -1.91. The number of rotatable bonds is 3. The third-order valence-corrected chi connectivity index (χ3v) is 5.09. The molecule has 0 amide bonds. The van der Waals surface area contributed by atoms with E-state index in [0.29, 0.717) is 0 Å². The topological polar surface area (TPSA) is 17.3 Å². The van der Waals surface area contributed by atoms with Crippen LogP contribution in [0.3, 0.4) is 0 Å². The van der Waals surface area contributed by atoms with Gasteiger partial charge in [-0.2, -0.15) is 0 Å². The molecule has 0 aliphatic heterocycles. The van der Waals surface area contributed by atoms with Crippen LogP contribution in [0.2, 0.25) is 0 Å². The third kappa shape index (κ3) is 2.99. The van der Waals surface area contributed by atoms with E-state index in [9.17, 15) is 0 Å². The largest absolute Gasteiger partial charge is 0.305 e. The van der Waals surface area contributed by atoms with Crippen LogP contribution in [0.1, 0.15) is 5.56 Å². The minimum atomic E-state index is 0.973. The molecule has 0 bridgehead atoms. The van der Waals surface area contributed by atoms with Crippen molar-refractivity contribution in [3.63, 3.8) is 0 Å². The van der Waals surface area contributed by atoms with Gasteiger partial charge in [0.05, 0.1) is 5.69 Å². The summed E-state index contributed by atoms with van der Waals surface area (Å²) in [4.78, 5) is 4.97. The normalized spacial score (nSPS) is 11.0. The van der Waals surface area contributed by atoms with Gasteiger partial charge in [0.25, 0.3) is 0 Å². The summed E-state index contributed by atoms with van der Waals surface area (Å²) in [5.74, 6) is 0. The molecule has 0 saturated carbocycles. The van der Waals surface area contributed by atoms with Crippen molar-refractivity contribution in [1.29, 1.82) is 0 Å². The highest BCUT2D eigenvalue weighted by atomic mass is 15.0. The van der Waals surface area contributed by atoms with E-state index in [4.69, 9.17) is 4.98 Å². The summed E-state index contributed by atoms with van der Waals surface area (Å²) in [5.41, 5.74) is 9.06. The first-order valence-electron chi connectivity index (χ1n) is 9.48. The highest BCUT2D eigenvalue weighted by Gasteiger charge is 2.12. The van der Waals surface area contributed by atoms with Gasteiger partial charge in [-0.25, -0.2) is 4.98 Å². The predicted octanol–water partition coefficient (Wildman–Crippen LogP) is 6.64. The molecule has 0 fully saturated rings. The van der Waals surface area contributed by atoms with Crippen molar-refractivity contribution < 1.29 is 0 Å². The van der Waals surface area contributed by atoms with Gasteiger partial charge < -0.3 is 4.40 Å². The van der Waals surface area contributed by atoms with Crippen LogP contribution < -0.4 is 0 Å². The number of fused-ring (bicyclic) bond motifs is 1. The highest BCUT2D eigenvalue weighted by molar-refractivity contribution is 5.84. The molecule has 2 aromatic heterocycles. The van der Waals surface area contributed by atoms with Crippen LogP contribution in [0.15, 0.2) is 103 Å². The fourth-order valence-corrected chi connectivity index (χ4v) is 3.58. The second kappa shape index (κ2) is 6.82. The first-order chi connectivity index (χ1) is 13.8. The third-order valence-electron chi connectivity index (χ3n) is 5.09. The van der Waals surface area contributed by atoms with E-state index >= 15 is 0 Å².